The van der Waals surface area contributed by atoms with Crippen molar-refractivity contribution in [3.63, 3.8) is 0 Å². The Balaban J connectivity index is 2.03. The van der Waals surface area contributed by atoms with E-state index in [-0.39, 0.29) is 18.4 Å². The lowest BCUT2D eigenvalue weighted by Gasteiger charge is -2.03. The molecule has 0 atom stereocenters. The first-order valence-electron chi connectivity index (χ1n) is 6.60. The average Bonchev–Trinajstić information content (AvgIpc) is 2.43. The number of carbonyl (C=O) groups is 2. The number of para-hydroxylation sites is 1. The SMILES string of the molecule is O=C(CO)CCCCCCC(=O)Oc1ccccc1. The van der Waals surface area contributed by atoms with Gasteiger partial charge >= 0.3 is 5.97 Å². The van der Waals surface area contributed by atoms with E-state index in [9.17, 15) is 9.59 Å². The Labute approximate surface area is 113 Å². The first-order valence-corrected chi connectivity index (χ1v) is 6.60. The molecule has 0 saturated heterocycles. The fourth-order valence-corrected chi connectivity index (χ4v) is 1.70. The molecule has 0 heterocycles. The molecular formula is C15H20O4. The minimum atomic E-state index is -0.372. The highest BCUT2D eigenvalue weighted by molar-refractivity contribution is 5.79. The summed E-state index contributed by atoms with van der Waals surface area (Å²) in [5, 5.41) is 8.54. The number of rotatable bonds is 9. The standard InChI is InChI=1S/C15H20O4/c16-12-13(17)8-4-1-2-7-11-15(18)19-14-9-5-3-6-10-14/h3,5-6,9-10,16H,1-2,4,7-8,11-12H2. The maximum atomic E-state index is 11.5. The number of ketones is 1. The third-order valence-electron chi connectivity index (χ3n) is 2.74. The van der Waals surface area contributed by atoms with Crippen LogP contribution in [0.3, 0.4) is 0 Å². The van der Waals surface area contributed by atoms with Crippen molar-refractivity contribution in [2.45, 2.75) is 38.5 Å². The number of unbranched alkanes of at least 4 members (excludes halogenated alkanes) is 3. The zero-order valence-corrected chi connectivity index (χ0v) is 11.0. The van der Waals surface area contributed by atoms with Crippen LogP contribution in [0.2, 0.25) is 0 Å². The van der Waals surface area contributed by atoms with E-state index in [2.05, 4.69) is 0 Å². The van der Waals surface area contributed by atoms with Gasteiger partial charge in [-0.25, -0.2) is 0 Å². The van der Waals surface area contributed by atoms with E-state index in [0.29, 0.717) is 18.6 Å². The van der Waals surface area contributed by atoms with Gasteiger partial charge in [-0.05, 0) is 25.0 Å². The average molecular weight is 264 g/mol. The summed E-state index contributed by atoms with van der Waals surface area (Å²) in [4.78, 5) is 22.3. The summed E-state index contributed by atoms with van der Waals surface area (Å²) in [5.41, 5.74) is 0. The van der Waals surface area contributed by atoms with Gasteiger partial charge < -0.3 is 9.84 Å². The Hall–Kier alpha value is -1.68. The van der Waals surface area contributed by atoms with Crippen LogP contribution in [0.1, 0.15) is 38.5 Å². The molecule has 4 nitrogen and oxygen atoms in total. The van der Waals surface area contributed by atoms with Crippen molar-refractivity contribution in [2.75, 3.05) is 6.61 Å². The van der Waals surface area contributed by atoms with Crippen LogP contribution in [0, 0.1) is 0 Å². The Morgan fingerprint density at radius 1 is 0.947 bits per heavy atom. The first-order chi connectivity index (χ1) is 9.22. The molecule has 0 bridgehead atoms. The van der Waals surface area contributed by atoms with Crippen molar-refractivity contribution in [1.82, 2.24) is 0 Å². The van der Waals surface area contributed by atoms with Gasteiger partial charge in [-0.3, -0.25) is 9.59 Å². The largest absolute Gasteiger partial charge is 0.427 e. The van der Waals surface area contributed by atoms with Gasteiger partial charge in [0.25, 0.3) is 0 Å². The second kappa shape index (κ2) is 9.28. The number of carbonyl (C=O) groups excluding carboxylic acids is 2. The van der Waals surface area contributed by atoms with E-state index in [1.165, 1.54) is 0 Å². The van der Waals surface area contributed by atoms with Crippen LogP contribution in [-0.2, 0) is 9.59 Å². The van der Waals surface area contributed by atoms with E-state index in [1.54, 1.807) is 12.1 Å². The predicted octanol–water partition coefficient (Wildman–Crippen LogP) is 2.49. The number of esters is 1. The molecule has 104 valence electrons. The number of hydrogen-bond acceptors (Lipinski definition) is 4. The highest BCUT2D eigenvalue weighted by atomic mass is 16.5. The lowest BCUT2D eigenvalue weighted by Crippen LogP contribution is -2.07. The summed E-state index contributed by atoms with van der Waals surface area (Å²) in [6.07, 6.45) is 4.13. The van der Waals surface area contributed by atoms with Crippen molar-refractivity contribution in [2.24, 2.45) is 0 Å². The third kappa shape index (κ3) is 7.36. The molecule has 1 aromatic carbocycles. The summed E-state index contributed by atoms with van der Waals surface area (Å²) in [5.74, 6) is 0.224. The number of Topliss-reactive ketones (excluding diaryl/α,β-unsaturated/α-hetero) is 1. The number of ether oxygens (including phenoxy) is 1. The van der Waals surface area contributed by atoms with Crippen LogP contribution in [0.25, 0.3) is 0 Å². The Bertz CT molecular complexity index is 386. The van der Waals surface area contributed by atoms with Gasteiger partial charge in [0.15, 0.2) is 5.78 Å². The highest BCUT2D eigenvalue weighted by Gasteiger charge is 2.04. The van der Waals surface area contributed by atoms with E-state index in [1.807, 2.05) is 18.2 Å². The molecule has 1 N–H and O–H groups in total. The topological polar surface area (TPSA) is 63.6 Å². The molecule has 0 aliphatic carbocycles. The van der Waals surface area contributed by atoms with Gasteiger partial charge in [0.05, 0.1) is 0 Å². The van der Waals surface area contributed by atoms with Gasteiger partial charge in [-0.1, -0.05) is 31.0 Å². The number of aliphatic hydroxyl groups is 1. The summed E-state index contributed by atoms with van der Waals surface area (Å²) in [7, 11) is 0. The molecule has 0 fully saturated rings. The molecule has 0 unspecified atom stereocenters. The van der Waals surface area contributed by atoms with Crippen LogP contribution in [0.15, 0.2) is 30.3 Å². The molecular weight excluding hydrogens is 244 g/mol. The lowest BCUT2D eigenvalue weighted by molar-refractivity contribution is -0.134. The van der Waals surface area contributed by atoms with Gasteiger partial charge in [0.2, 0.25) is 0 Å². The molecule has 0 spiro atoms. The van der Waals surface area contributed by atoms with Crippen molar-refractivity contribution in [3.05, 3.63) is 30.3 Å². The van der Waals surface area contributed by atoms with Crippen molar-refractivity contribution < 1.29 is 19.4 Å². The number of hydrogen-bond donors (Lipinski definition) is 1. The fourth-order valence-electron chi connectivity index (χ4n) is 1.70. The molecule has 19 heavy (non-hydrogen) atoms. The van der Waals surface area contributed by atoms with E-state index in [0.717, 1.165) is 25.7 Å². The smallest absolute Gasteiger partial charge is 0.311 e. The third-order valence-corrected chi connectivity index (χ3v) is 2.74. The Kier molecular flexibility index (Phi) is 7.51. The summed E-state index contributed by atoms with van der Waals surface area (Å²) in [6.45, 7) is -0.372. The maximum Gasteiger partial charge on any atom is 0.311 e. The molecule has 0 aliphatic rings. The molecule has 1 aromatic rings. The zero-order chi connectivity index (χ0) is 13.9. The summed E-state index contributed by atoms with van der Waals surface area (Å²) >= 11 is 0. The number of benzene rings is 1. The van der Waals surface area contributed by atoms with Crippen molar-refractivity contribution in [1.29, 1.82) is 0 Å². The van der Waals surface area contributed by atoms with Crippen LogP contribution >= 0.6 is 0 Å². The van der Waals surface area contributed by atoms with Gasteiger partial charge in [-0.15, -0.1) is 0 Å². The van der Waals surface area contributed by atoms with Crippen LogP contribution < -0.4 is 4.74 Å². The lowest BCUT2D eigenvalue weighted by atomic mass is 10.1. The Morgan fingerprint density at radius 3 is 2.21 bits per heavy atom. The van der Waals surface area contributed by atoms with Crippen molar-refractivity contribution >= 4 is 11.8 Å². The zero-order valence-electron chi connectivity index (χ0n) is 11.0. The summed E-state index contributed by atoms with van der Waals surface area (Å²) in [6, 6.07) is 9.00. The quantitative estimate of drug-likeness (QED) is 0.423. The van der Waals surface area contributed by atoms with Gasteiger partial charge in [0.1, 0.15) is 12.4 Å². The molecule has 0 aromatic heterocycles. The molecule has 0 saturated carbocycles. The fraction of sp³-hybridized carbons (Fsp3) is 0.467. The normalized spacial score (nSPS) is 10.2. The van der Waals surface area contributed by atoms with E-state index >= 15 is 0 Å². The first kappa shape index (κ1) is 15.4. The molecule has 0 aliphatic heterocycles. The van der Waals surface area contributed by atoms with E-state index in [4.69, 9.17) is 9.84 Å². The monoisotopic (exact) mass is 264 g/mol. The minimum Gasteiger partial charge on any atom is -0.427 e. The highest BCUT2D eigenvalue weighted by Crippen LogP contribution is 2.11. The Morgan fingerprint density at radius 2 is 1.58 bits per heavy atom. The maximum absolute atomic E-state index is 11.5. The predicted molar refractivity (Wildman–Crippen MR) is 71.9 cm³/mol. The second-order valence-corrected chi connectivity index (χ2v) is 4.40. The molecule has 0 radical (unpaired) electrons. The van der Waals surface area contributed by atoms with Crippen molar-refractivity contribution in [3.8, 4) is 5.75 Å². The summed E-state index contributed by atoms with van der Waals surface area (Å²) < 4.78 is 5.15. The van der Waals surface area contributed by atoms with Gasteiger partial charge in [0, 0.05) is 12.8 Å². The number of aliphatic hydroxyl groups excluding tert-OH is 1. The molecule has 1 rings (SSSR count). The van der Waals surface area contributed by atoms with Gasteiger partial charge in [-0.2, -0.15) is 0 Å². The van der Waals surface area contributed by atoms with Crippen LogP contribution in [0.4, 0.5) is 0 Å². The molecule has 4 heteroatoms. The van der Waals surface area contributed by atoms with Crippen LogP contribution in [0.5, 0.6) is 5.75 Å². The van der Waals surface area contributed by atoms with Crippen LogP contribution in [-0.4, -0.2) is 23.5 Å². The minimum absolute atomic E-state index is 0.122. The van der Waals surface area contributed by atoms with E-state index < -0.39 is 0 Å². The molecule has 0 amide bonds. The second-order valence-electron chi connectivity index (χ2n) is 4.40.